The average Bonchev–Trinajstić information content (AvgIpc) is 2.27. The Balaban J connectivity index is 2.43. The third-order valence-electron chi connectivity index (χ3n) is 4.34. The van der Waals surface area contributed by atoms with Crippen LogP contribution in [0.25, 0.3) is 0 Å². The molecule has 1 aliphatic rings. The maximum atomic E-state index is 3.98. The minimum Gasteiger partial charge on any atom is -0.311 e. The molecule has 2 atom stereocenters. The van der Waals surface area contributed by atoms with Crippen molar-refractivity contribution in [3.63, 3.8) is 0 Å². The Hall–Kier alpha value is -0.0400. The van der Waals surface area contributed by atoms with E-state index in [1.54, 1.807) is 0 Å². The summed E-state index contributed by atoms with van der Waals surface area (Å²) in [6.07, 6.45) is 9.78. The molecule has 1 rings (SSSR count). The lowest BCUT2D eigenvalue weighted by molar-refractivity contribution is 0.238. The fourth-order valence-corrected chi connectivity index (χ4v) is 3.52. The van der Waals surface area contributed by atoms with E-state index in [1.807, 2.05) is 0 Å². The van der Waals surface area contributed by atoms with Gasteiger partial charge in [0.25, 0.3) is 0 Å². The maximum absolute atomic E-state index is 3.98. The highest BCUT2D eigenvalue weighted by Gasteiger charge is 2.23. The van der Waals surface area contributed by atoms with Gasteiger partial charge in [-0.25, -0.2) is 0 Å². The van der Waals surface area contributed by atoms with Gasteiger partial charge in [0.1, 0.15) is 0 Å². The highest BCUT2D eigenvalue weighted by molar-refractivity contribution is 4.81. The smallest absolute Gasteiger partial charge is 0.00745 e. The van der Waals surface area contributed by atoms with Gasteiger partial charge in [0.15, 0.2) is 0 Å². The second-order valence-electron chi connectivity index (χ2n) is 7.26. The molecule has 0 aromatic rings. The predicted molar refractivity (Wildman–Crippen MR) is 81.9 cm³/mol. The minimum atomic E-state index is 0.741. The molecular formula is C17H35N. The molecule has 1 heteroatoms. The molecule has 18 heavy (non-hydrogen) atoms. The molecule has 0 aromatic carbocycles. The van der Waals surface area contributed by atoms with Crippen LogP contribution in [0.5, 0.6) is 0 Å². The zero-order chi connectivity index (χ0) is 13.5. The van der Waals surface area contributed by atoms with Gasteiger partial charge in [-0.3, -0.25) is 0 Å². The van der Waals surface area contributed by atoms with Crippen LogP contribution >= 0.6 is 0 Å². The normalized spacial score (nSPS) is 25.3. The van der Waals surface area contributed by atoms with Gasteiger partial charge in [-0.15, -0.1) is 0 Å². The molecule has 1 saturated carbocycles. The number of nitrogens with one attached hydrogen (secondary N) is 1. The van der Waals surface area contributed by atoms with E-state index < -0.39 is 0 Å². The van der Waals surface area contributed by atoms with Gasteiger partial charge in [-0.05, 0) is 43.4 Å². The first-order chi connectivity index (χ1) is 8.51. The maximum Gasteiger partial charge on any atom is 0.00745 e. The molecule has 1 nitrogen and oxygen atoms in total. The summed E-state index contributed by atoms with van der Waals surface area (Å²) in [6, 6.07) is 1.54. The van der Waals surface area contributed by atoms with Gasteiger partial charge in [0.05, 0.1) is 0 Å². The van der Waals surface area contributed by atoms with Crippen molar-refractivity contribution in [2.45, 2.75) is 91.6 Å². The van der Waals surface area contributed by atoms with E-state index in [0.717, 1.165) is 29.8 Å². The topological polar surface area (TPSA) is 12.0 Å². The van der Waals surface area contributed by atoms with Crippen LogP contribution in [0, 0.1) is 17.8 Å². The van der Waals surface area contributed by atoms with E-state index in [4.69, 9.17) is 0 Å². The summed E-state index contributed by atoms with van der Waals surface area (Å²) in [5.74, 6) is 2.61. The summed E-state index contributed by atoms with van der Waals surface area (Å²) >= 11 is 0. The van der Waals surface area contributed by atoms with Gasteiger partial charge in [-0.1, -0.05) is 53.9 Å². The molecule has 108 valence electrons. The second-order valence-corrected chi connectivity index (χ2v) is 7.26. The molecule has 1 N–H and O–H groups in total. The van der Waals surface area contributed by atoms with Crippen LogP contribution in [0.2, 0.25) is 0 Å². The van der Waals surface area contributed by atoms with Crippen LogP contribution in [0.15, 0.2) is 0 Å². The zero-order valence-electron chi connectivity index (χ0n) is 13.3. The second kappa shape index (κ2) is 8.19. The van der Waals surface area contributed by atoms with E-state index in [2.05, 4.69) is 39.9 Å². The fourth-order valence-electron chi connectivity index (χ4n) is 3.52. The minimum absolute atomic E-state index is 0.741. The molecule has 0 aliphatic heterocycles. The summed E-state index contributed by atoms with van der Waals surface area (Å²) in [5.41, 5.74) is 0. The standard InChI is InChI=1S/C17H35N/c1-6-15-8-7-9-16(12-15)18-17(10-13(2)3)11-14(4)5/h13-18H,6-12H2,1-5H3. The van der Waals surface area contributed by atoms with Crippen LogP contribution in [0.1, 0.15) is 79.6 Å². The zero-order valence-corrected chi connectivity index (χ0v) is 13.3. The van der Waals surface area contributed by atoms with E-state index in [0.29, 0.717) is 0 Å². The Labute approximate surface area is 115 Å². The van der Waals surface area contributed by atoms with Gasteiger partial charge in [0.2, 0.25) is 0 Å². The Morgan fingerprint density at radius 1 is 1.00 bits per heavy atom. The molecule has 0 heterocycles. The lowest BCUT2D eigenvalue weighted by Gasteiger charge is -2.33. The molecule has 2 unspecified atom stereocenters. The Morgan fingerprint density at radius 3 is 2.11 bits per heavy atom. The van der Waals surface area contributed by atoms with Gasteiger partial charge in [-0.2, -0.15) is 0 Å². The van der Waals surface area contributed by atoms with Crippen LogP contribution in [0.3, 0.4) is 0 Å². The first kappa shape index (κ1) is 16.0. The van der Waals surface area contributed by atoms with Crippen molar-refractivity contribution in [1.29, 1.82) is 0 Å². The van der Waals surface area contributed by atoms with Crippen molar-refractivity contribution < 1.29 is 0 Å². The fraction of sp³-hybridized carbons (Fsp3) is 1.00. The van der Waals surface area contributed by atoms with Crippen molar-refractivity contribution >= 4 is 0 Å². The summed E-state index contributed by atoms with van der Waals surface area (Å²) in [6.45, 7) is 11.8. The summed E-state index contributed by atoms with van der Waals surface area (Å²) < 4.78 is 0. The third kappa shape index (κ3) is 6.22. The monoisotopic (exact) mass is 253 g/mol. The molecular weight excluding hydrogens is 218 g/mol. The lowest BCUT2D eigenvalue weighted by atomic mass is 9.83. The molecule has 0 radical (unpaired) electrons. The molecule has 0 amide bonds. The van der Waals surface area contributed by atoms with Crippen molar-refractivity contribution in [2.75, 3.05) is 0 Å². The quantitative estimate of drug-likeness (QED) is 0.673. The summed E-state index contributed by atoms with van der Waals surface area (Å²) in [5, 5.41) is 3.98. The molecule has 0 spiro atoms. The molecule has 0 saturated heterocycles. The van der Waals surface area contributed by atoms with Gasteiger partial charge < -0.3 is 5.32 Å². The highest BCUT2D eigenvalue weighted by Crippen LogP contribution is 2.27. The average molecular weight is 253 g/mol. The highest BCUT2D eigenvalue weighted by atomic mass is 15.0. The predicted octanol–water partition coefficient (Wildman–Crippen LogP) is 5.01. The van der Waals surface area contributed by atoms with Crippen LogP contribution in [0.4, 0.5) is 0 Å². The van der Waals surface area contributed by atoms with Gasteiger partial charge in [0, 0.05) is 12.1 Å². The number of rotatable bonds is 7. The van der Waals surface area contributed by atoms with Crippen LogP contribution in [-0.2, 0) is 0 Å². The van der Waals surface area contributed by atoms with Crippen LogP contribution < -0.4 is 5.32 Å². The van der Waals surface area contributed by atoms with E-state index in [1.165, 1.54) is 44.9 Å². The summed E-state index contributed by atoms with van der Waals surface area (Å²) in [4.78, 5) is 0. The lowest BCUT2D eigenvalue weighted by Crippen LogP contribution is -2.42. The van der Waals surface area contributed by atoms with Gasteiger partial charge >= 0.3 is 0 Å². The Kier molecular flexibility index (Phi) is 7.29. The first-order valence-corrected chi connectivity index (χ1v) is 8.27. The van der Waals surface area contributed by atoms with Crippen molar-refractivity contribution in [1.82, 2.24) is 5.32 Å². The largest absolute Gasteiger partial charge is 0.311 e. The van der Waals surface area contributed by atoms with Crippen molar-refractivity contribution in [3.05, 3.63) is 0 Å². The number of hydrogen-bond acceptors (Lipinski definition) is 1. The number of hydrogen-bond donors (Lipinski definition) is 1. The Bertz CT molecular complexity index is 200. The molecule has 1 fully saturated rings. The summed E-state index contributed by atoms with van der Waals surface area (Å²) in [7, 11) is 0. The molecule has 0 aromatic heterocycles. The molecule has 1 aliphatic carbocycles. The molecule has 0 bridgehead atoms. The van der Waals surface area contributed by atoms with E-state index >= 15 is 0 Å². The first-order valence-electron chi connectivity index (χ1n) is 8.27. The van der Waals surface area contributed by atoms with E-state index in [9.17, 15) is 0 Å². The van der Waals surface area contributed by atoms with Crippen LogP contribution in [-0.4, -0.2) is 12.1 Å². The Morgan fingerprint density at radius 2 is 1.61 bits per heavy atom. The van der Waals surface area contributed by atoms with Crippen molar-refractivity contribution in [2.24, 2.45) is 17.8 Å². The van der Waals surface area contributed by atoms with Crippen molar-refractivity contribution in [3.8, 4) is 0 Å². The van der Waals surface area contributed by atoms with E-state index in [-0.39, 0.29) is 0 Å². The third-order valence-corrected chi connectivity index (χ3v) is 4.34. The SMILES string of the molecule is CCC1CCCC(NC(CC(C)C)CC(C)C)C1.